The number of amides is 2. The van der Waals surface area contributed by atoms with Gasteiger partial charge in [0.15, 0.2) is 0 Å². The Morgan fingerprint density at radius 1 is 0.959 bits per heavy atom. The van der Waals surface area contributed by atoms with Crippen molar-refractivity contribution >= 4 is 38.5 Å². The number of sulfonamides is 1. The fraction of sp³-hybridized carbons (Fsp3) is 0.243. The third kappa shape index (κ3) is 7.54. The Bertz CT molecular complexity index is 2450. The maximum atomic E-state index is 14.0. The van der Waals surface area contributed by atoms with E-state index in [1.54, 1.807) is 42.6 Å². The molecule has 12 heteroatoms. The minimum Gasteiger partial charge on any atom is -0.496 e. The Morgan fingerprint density at radius 2 is 1.67 bits per heavy atom. The monoisotopic (exact) mass is 696 g/mol. The van der Waals surface area contributed by atoms with Crippen LogP contribution in [0.4, 0.5) is 10.1 Å². The van der Waals surface area contributed by atoms with E-state index in [1.165, 1.54) is 56.6 Å². The van der Waals surface area contributed by atoms with Crippen molar-refractivity contribution in [2.45, 2.75) is 33.0 Å². The number of hydrogen-bond acceptors (Lipinski definition) is 7. The van der Waals surface area contributed by atoms with Crippen LogP contribution in [0.3, 0.4) is 0 Å². The van der Waals surface area contributed by atoms with Gasteiger partial charge < -0.3 is 24.5 Å². The molecule has 256 valence electrons. The minimum atomic E-state index is -4.01. The number of rotatable bonds is 10. The van der Waals surface area contributed by atoms with Crippen molar-refractivity contribution in [3.05, 3.63) is 95.8 Å². The molecule has 0 aliphatic rings. The number of carbonyl (C=O) groups excluding carboxylic acids is 2. The van der Waals surface area contributed by atoms with E-state index >= 15 is 0 Å². The number of carbonyl (C=O) groups is 2. The van der Waals surface area contributed by atoms with E-state index in [2.05, 4.69) is 5.32 Å². The van der Waals surface area contributed by atoms with Gasteiger partial charge in [-0.25, -0.2) is 12.8 Å². The molecule has 49 heavy (non-hydrogen) atoms. The highest BCUT2D eigenvalue weighted by atomic mass is 32.2. The smallest absolute Gasteiger partial charge is 0.255 e. The summed E-state index contributed by atoms with van der Waals surface area (Å²) in [6.45, 7) is -9.81. The fourth-order valence-electron chi connectivity index (χ4n) is 5.34. The molecular formula is C37H38FN3O7S. The summed E-state index contributed by atoms with van der Waals surface area (Å²) in [4.78, 5) is 27.5. The summed E-state index contributed by atoms with van der Waals surface area (Å²) in [5, 5.41) is 4.56. The zero-order chi connectivity index (χ0) is 43.2. The fourth-order valence-corrected chi connectivity index (χ4v) is 6.32. The van der Waals surface area contributed by atoms with Gasteiger partial charge in [0.1, 0.15) is 34.4 Å². The van der Waals surface area contributed by atoms with Gasteiger partial charge in [-0.2, -0.15) is 0 Å². The zero-order valence-corrected chi connectivity index (χ0v) is 27.6. The molecule has 1 aromatic heterocycles. The Hall–Kier alpha value is -5.36. The lowest BCUT2D eigenvalue weighted by atomic mass is 9.96. The molecule has 0 aliphatic carbocycles. The van der Waals surface area contributed by atoms with Gasteiger partial charge in [0, 0.05) is 60.1 Å². The van der Waals surface area contributed by atoms with Gasteiger partial charge in [-0.3, -0.25) is 13.9 Å². The summed E-state index contributed by atoms with van der Waals surface area (Å²) < 4.78 is 130. The van der Waals surface area contributed by atoms with Crippen molar-refractivity contribution in [1.29, 1.82) is 0 Å². The Morgan fingerprint density at radius 3 is 2.29 bits per heavy atom. The number of hydrogen-bond donors (Lipinski definition) is 2. The van der Waals surface area contributed by atoms with Gasteiger partial charge >= 0.3 is 0 Å². The molecule has 2 N–H and O–H groups in total. The standard InChI is InChI=1S/C37H38FN3O7S/c1-8-41(49(7,44)45)30-21-32-28(20-27(30)23-14-17-31(46-6)29(18-23)35(42)40-37(2,3)4)33(36(43)39-5)34(48-32)22-12-15-25(16-13-22)47-26-11-9-10-24(38)19-26/h9-21H,8H2,1-7H3,(H,39,43)(H,40,42)/i2D3,3D3,4D3. The minimum absolute atomic E-state index is 0.0263. The second kappa shape index (κ2) is 13.6. The van der Waals surface area contributed by atoms with E-state index in [-0.39, 0.29) is 57.2 Å². The number of halogens is 1. The lowest BCUT2D eigenvalue weighted by Crippen LogP contribution is -2.40. The highest BCUT2D eigenvalue weighted by molar-refractivity contribution is 7.92. The molecule has 0 radical (unpaired) electrons. The lowest BCUT2D eigenvalue weighted by molar-refractivity contribution is 0.0915. The van der Waals surface area contributed by atoms with Crippen LogP contribution in [-0.2, 0) is 10.0 Å². The van der Waals surface area contributed by atoms with Crippen molar-refractivity contribution in [3.8, 4) is 39.7 Å². The Balaban J connectivity index is 1.74. The molecule has 0 aliphatic heterocycles. The molecule has 0 atom stereocenters. The number of anilines is 1. The first-order chi connectivity index (χ1) is 26.9. The van der Waals surface area contributed by atoms with Gasteiger partial charge in [0.05, 0.1) is 30.2 Å². The first kappa shape index (κ1) is 24.7. The molecular weight excluding hydrogens is 649 g/mol. The van der Waals surface area contributed by atoms with E-state index in [1.807, 2.05) is 0 Å². The molecule has 0 spiro atoms. The Labute approximate surface area is 297 Å². The predicted molar refractivity (Wildman–Crippen MR) is 189 cm³/mol. The van der Waals surface area contributed by atoms with Crippen LogP contribution in [0.15, 0.2) is 83.3 Å². The van der Waals surface area contributed by atoms with Gasteiger partial charge in [0.2, 0.25) is 10.0 Å². The van der Waals surface area contributed by atoms with Crippen molar-refractivity contribution < 1.29 is 48.6 Å². The predicted octanol–water partition coefficient (Wildman–Crippen LogP) is 7.38. The molecule has 0 unspecified atom stereocenters. The average molecular weight is 697 g/mol. The molecule has 5 rings (SSSR count). The molecule has 0 saturated heterocycles. The molecule has 0 fully saturated rings. The van der Waals surface area contributed by atoms with Crippen molar-refractivity contribution in [2.75, 3.05) is 31.3 Å². The number of fused-ring (bicyclic) bond motifs is 1. The van der Waals surface area contributed by atoms with Crippen LogP contribution in [0.25, 0.3) is 33.4 Å². The summed E-state index contributed by atoms with van der Waals surface area (Å²) in [7, 11) is -1.45. The largest absolute Gasteiger partial charge is 0.496 e. The quantitative estimate of drug-likeness (QED) is 0.156. The molecule has 10 nitrogen and oxygen atoms in total. The van der Waals surface area contributed by atoms with E-state index in [4.69, 9.17) is 26.2 Å². The van der Waals surface area contributed by atoms with Gasteiger partial charge in [-0.15, -0.1) is 0 Å². The van der Waals surface area contributed by atoms with E-state index in [0.29, 0.717) is 11.3 Å². The number of methoxy groups -OCH3 is 1. The van der Waals surface area contributed by atoms with Crippen LogP contribution < -0.4 is 24.4 Å². The van der Waals surface area contributed by atoms with Crippen LogP contribution in [-0.4, -0.2) is 52.7 Å². The van der Waals surface area contributed by atoms with Gasteiger partial charge in [-0.05, 0) is 87.6 Å². The third-order valence-corrected chi connectivity index (χ3v) is 8.68. The first-order valence-corrected chi connectivity index (χ1v) is 16.6. The van der Waals surface area contributed by atoms with Gasteiger partial charge in [-0.1, -0.05) is 12.1 Å². The summed E-state index contributed by atoms with van der Waals surface area (Å²) >= 11 is 0. The van der Waals surface area contributed by atoms with Crippen LogP contribution in [0.1, 0.15) is 60.5 Å². The van der Waals surface area contributed by atoms with Crippen LogP contribution in [0.2, 0.25) is 0 Å². The van der Waals surface area contributed by atoms with Crippen molar-refractivity contribution in [3.63, 3.8) is 0 Å². The van der Waals surface area contributed by atoms with E-state index in [0.717, 1.165) is 16.6 Å². The van der Waals surface area contributed by atoms with Crippen LogP contribution in [0, 0.1) is 5.82 Å². The average Bonchev–Trinajstić information content (AvgIpc) is 3.49. The molecule has 1 heterocycles. The summed E-state index contributed by atoms with van der Waals surface area (Å²) in [6.07, 6.45) is 0.965. The molecule has 0 bridgehead atoms. The topological polar surface area (TPSA) is 127 Å². The van der Waals surface area contributed by atoms with Gasteiger partial charge in [0.25, 0.3) is 11.8 Å². The number of benzene rings is 4. The van der Waals surface area contributed by atoms with Crippen molar-refractivity contribution in [2.24, 2.45) is 0 Å². The Kier molecular flexibility index (Phi) is 6.88. The lowest BCUT2D eigenvalue weighted by Gasteiger charge is -2.24. The maximum absolute atomic E-state index is 14.0. The SMILES string of the molecule is [2H]C([2H])([2H])C(NC(=O)c1cc(-c2cc3c(C(=O)NC)c(-c4ccc(Oc5cccc(F)c5)cc4)oc3cc2N(CC)S(C)(=O)=O)ccc1OC)(C([2H])([2H])[2H])C([2H])([2H])[2H]. The number of ether oxygens (including phenoxy) is 2. The summed E-state index contributed by atoms with van der Waals surface area (Å²) in [6, 6.07) is 18.6. The number of nitrogens with one attached hydrogen (secondary N) is 2. The molecule has 4 aromatic carbocycles. The normalized spacial score (nSPS) is 15.2. The zero-order valence-electron chi connectivity index (χ0n) is 35.8. The molecule has 0 saturated carbocycles. The van der Waals surface area contributed by atoms with Crippen LogP contribution in [0.5, 0.6) is 17.2 Å². The highest BCUT2D eigenvalue weighted by Gasteiger charge is 2.28. The second-order valence-corrected chi connectivity index (χ2v) is 12.8. The third-order valence-electron chi connectivity index (χ3n) is 7.42. The van der Waals surface area contributed by atoms with E-state index in [9.17, 15) is 22.4 Å². The highest BCUT2D eigenvalue weighted by Crippen LogP contribution is 2.42. The van der Waals surface area contributed by atoms with Crippen molar-refractivity contribution in [1.82, 2.24) is 10.6 Å². The number of nitrogens with zero attached hydrogens (tertiary/aromatic N) is 1. The van der Waals surface area contributed by atoms with E-state index < -0.39 is 59.3 Å². The molecule has 5 aromatic rings. The maximum Gasteiger partial charge on any atom is 0.255 e. The number of furan rings is 1. The summed E-state index contributed by atoms with van der Waals surface area (Å²) in [5.41, 5.74) is -3.45. The van der Waals surface area contributed by atoms with Crippen LogP contribution >= 0.6 is 0 Å². The summed E-state index contributed by atoms with van der Waals surface area (Å²) in [5.74, 6) is -2.04. The first-order valence-electron chi connectivity index (χ1n) is 19.2. The molecule has 2 amide bonds. The second-order valence-electron chi connectivity index (χ2n) is 10.9.